The molecule has 138 valence electrons. The molecule has 2 N–H and O–H groups in total. The Kier molecular flexibility index (Phi) is 5.88. The van der Waals surface area contributed by atoms with Crippen LogP contribution in [0.15, 0.2) is 54.9 Å². The van der Waals surface area contributed by atoms with Gasteiger partial charge in [-0.25, -0.2) is 9.97 Å². The Morgan fingerprint density at radius 1 is 1.15 bits per heavy atom. The van der Waals surface area contributed by atoms with Crippen LogP contribution in [0.25, 0.3) is 0 Å². The van der Waals surface area contributed by atoms with Crippen LogP contribution >= 0.6 is 11.6 Å². The van der Waals surface area contributed by atoms with Crippen LogP contribution < -0.4 is 15.4 Å². The summed E-state index contributed by atoms with van der Waals surface area (Å²) in [6, 6.07) is 14.7. The van der Waals surface area contributed by atoms with Gasteiger partial charge in [-0.3, -0.25) is 4.79 Å². The average Bonchev–Trinajstić information content (AvgIpc) is 2.68. The molecule has 6 nitrogen and oxygen atoms in total. The van der Waals surface area contributed by atoms with Crippen molar-refractivity contribution >= 4 is 29.0 Å². The van der Waals surface area contributed by atoms with Gasteiger partial charge in [0, 0.05) is 18.3 Å². The SMILES string of the molecule is COc1ccc(NC(=O)c2cc(NCc3ccccc3C)ncn2)cc1Cl. The van der Waals surface area contributed by atoms with E-state index in [-0.39, 0.29) is 11.6 Å². The predicted octanol–water partition coefficient (Wildman–Crippen LogP) is 4.31. The highest BCUT2D eigenvalue weighted by Gasteiger charge is 2.11. The number of carbonyl (C=O) groups is 1. The maximum Gasteiger partial charge on any atom is 0.274 e. The summed E-state index contributed by atoms with van der Waals surface area (Å²) in [5.74, 6) is 0.767. The number of methoxy groups -OCH3 is 1. The zero-order chi connectivity index (χ0) is 19.2. The fourth-order valence-corrected chi connectivity index (χ4v) is 2.77. The van der Waals surface area contributed by atoms with E-state index in [4.69, 9.17) is 16.3 Å². The lowest BCUT2D eigenvalue weighted by molar-refractivity contribution is 0.102. The minimum Gasteiger partial charge on any atom is -0.495 e. The molecule has 0 aliphatic heterocycles. The minimum atomic E-state index is -0.349. The summed E-state index contributed by atoms with van der Waals surface area (Å²) in [7, 11) is 1.53. The molecule has 1 aromatic heterocycles. The van der Waals surface area contributed by atoms with Crippen LogP contribution in [0.4, 0.5) is 11.5 Å². The number of ether oxygens (including phenoxy) is 1. The highest BCUT2D eigenvalue weighted by molar-refractivity contribution is 6.32. The lowest BCUT2D eigenvalue weighted by Gasteiger charge is -2.10. The summed E-state index contributed by atoms with van der Waals surface area (Å²) in [4.78, 5) is 20.7. The smallest absolute Gasteiger partial charge is 0.274 e. The van der Waals surface area contributed by atoms with Gasteiger partial charge in [0.05, 0.1) is 12.1 Å². The van der Waals surface area contributed by atoms with E-state index in [2.05, 4.69) is 33.6 Å². The molecule has 0 aliphatic rings. The second-order valence-corrected chi connectivity index (χ2v) is 6.28. The Labute approximate surface area is 162 Å². The van der Waals surface area contributed by atoms with E-state index >= 15 is 0 Å². The average molecular weight is 383 g/mol. The number of nitrogens with one attached hydrogen (secondary N) is 2. The molecule has 1 heterocycles. The number of rotatable bonds is 6. The molecule has 0 unspecified atom stereocenters. The minimum absolute atomic E-state index is 0.254. The summed E-state index contributed by atoms with van der Waals surface area (Å²) < 4.78 is 5.10. The standard InChI is InChI=1S/C20H19ClN4O2/c1-13-5-3-4-6-14(13)11-22-19-10-17(23-12-24-19)20(26)25-15-7-8-18(27-2)16(21)9-15/h3-10,12H,11H2,1-2H3,(H,25,26)(H,22,23,24). The van der Waals surface area contributed by atoms with Gasteiger partial charge in [0.2, 0.25) is 0 Å². The highest BCUT2D eigenvalue weighted by Crippen LogP contribution is 2.27. The molecular formula is C20H19ClN4O2. The zero-order valence-electron chi connectivity index (χ0n) is 15.0. The number of hydrogen-bond donors (Lipinski definition) is 2. The molecule has 3 aromatic rings. The Hall–Kier alpha value is -3.12. The summed E-state index contributed by atoms with van der Waals surface area (Å²) >= 11 is 6.08. The quantitative estimate of drug-likeness (QED) is 0.664. The number of carbonyl (C=O) groups excluding carboxylic acids is 1. The van der Waals surface area contributed by atoms with Crippen LogP contribution in [0, 0.1) is 6.92 Å². The largest absolute Gasteiger partial charge is 0.495 e. The van der Waals surface area contributed by atoms with Gasteiger partial charge in [0.25, 0.3) is 5.91 Å². The number of aromatic nitrogens is 2. The Morgan fingerprint density at radius 2 is 1.96 bits per heavy atom. The van der Waals surface area contributed by atoms with Crippen molar-refractivity contribution < 1.29 is 9.53 Å². The van der Waals surface area contributed by atoms with E-state index in [0.29, 0.717) is 28.8 Å². The fourth-order valence-electron chi connectivity index (χ4n) is 2.51. The van der Waals surface area contributed by atoms with Gasteiger partial charge in [-0.05, 0) is 36.2 Å². The second kappa shape index (κ2) is 8.51. The summed E-state index contributed by atoms with van der Waals surface area (Å²) in [6.07, 6.45) is 1.36. The zero-order valence-corrected chi connectivity index (χ0v) is 15.7. The van der Waals surface area contributed by atoms with E-state index in [1.54, 1.807) is 24.3 Å². The molecule has 0 spiro atoms. The number of aryl methyl sites for hydroxylation is 1. The fraction of sp³-hybridized carbons (Fsp3) is 0.150. The van der Waals surface area contributed by atoms with Crippen molar-refractivity contribution in [3.05, 3.63) is 76.7 Å². The van der Waals surface area contributed by atoms with Crippen LogP contribution in [0.5, 0.6) is 5.75 Å². The van der Waals surface area contributed by atoms with Gasteiger partial charge in [-0.15, -0.1) is 0 Å². The first-order valence-electron chi connectivity index (χ1n) is 8.32. The van der Waals surface area contributed by atoms with E-state index in [1.165, 1.54) is 19.0 Å². The third kappa shape index (κ3) is 4.74. The molecule has 7 heteroatoms. The molecule has 0 radical (unpaired) electrons. The van der Waals surface area contributed by atoms with Crippen LogP contribution in [-0.4, -0.2) is 23.0 Å². The molecule has 27 heavy (non-hydrogen) atoms. The predicted molar refractivity (Wildman–Crippen MR) is 106 cm³/mol. The van der Waals surface area contributed by atoms with Crippen molar-refractivity contribution in [3.63, 3.8) is 0 Å². The molecule has 0 fully saturated rings. The molecular weight excluding hydrogens is 364 g/mol. The van der Waals surface area contributed by atoms with Gasteiger partial charge < -0.3 is 15.4 Å². The van der Waals surface area contributed by atoms with E-state index in [0.717, 1.165) is 5.56 Å². The molecule has 0 saturated heterocycles. The lowest BCUT2D eigenvalue weighted by Crippen LogP contribution is -2.14. The summed E-state index contributed by atoms with van der Waals surface area (Å²) in [6.45, 7) is 2.66. The van der Waals surface area contributed by atoms with Crippen LogP contribution in [-0.2, 0) is 6.54 Å². The van der Waals surface area contributed by atoms with Crippen molar-refractivity contribution in [2.45, 2.75) is 13.5 Å². The lowest BCUT2D eigenvalue weighted by atomic mass is 10.1. The first-order chi connectivity index (χ1) is 13.1. The number of benzene rings is 2. The van der Waals surface area contributed by atoms with Gasteiger partial charge >= 0.3 is 0 Å². The molecule has 0 bridgehead atoms. The molecule has 0 aliphatic carbocycles. The van der Waals surface area contributed by atoms with Gasteiger partial charge in [0.1, 0.15) is 23.6 Å². The normalized spacial score (nSPS) is 10.3. The van der Waals surface area contributed by atoms with Crippen molar-refractivity contribution in [3.8, 4) is 5.75 Å². The van der Waals surface area contributed by atoms with E-state index < -0.39 is 0 Å². The second-order valence-electron chi connectivity index (χ2n) is 5.87. The summed E-state index contributed by atoms with van der Waals surface area (Å²) in [5, 5.41) is 6.40. The van der Waals surface area contributed by atoms with Gasteiger partial charge in [0.15, 0.2) is 0 Å². The highest BCUT2D eigenvalue weighted by atomic mass is 35.5. The monoisotopic (exact) mass is 382 g/mol. The van der Waals surface area contributed by atoms with Crippen LogP contribution in [0.3, 0.4) is 0 Å². The van der Waals surface area contributed by atoms with Crippen molar-refractivity contribution in [2.24, 2.45) is 0 Å². The van der Waals surface area contributed by atoms with Crippen molar-refractivity contribution in [1.29, 1.82) is 0 Å². The first-order valence-corrected chi connectivity index (χ1v) is 8.70. The number of halogens is 1. The third-order valence-electron chi connectivity index (χ3n) is 4.03. The van der Waals surface area contributed by atoms with Crippen LogP contribution in [0.1, 0.15) is 21.6 Å². The maximum absolute atomic E-state index is 12.5. The number of amides is 1. The van der Waals surface area contributed by atoms with E-state index in [1.807, 2.05) is 18.2 Å². The molecule has 3 rings (SSSR count). The third-order valence-corrected chi connectivity index (χ3v) is 4.33. The Balaban J connectivity index is 1.68. The van der Waals surface area contributed by atoms with Gasteiger partial charge in [-0.1, -0.05) is 35.9 Å². The number of hydrogen-bond acceptors (Lipinski definition) is 5. The molecule has 2 aromatic carbocycles. The van der Waals surface area contributed by atoms with Crippen LogP contribution in [0.2, 0.25) is 5.02 Å². The Bertz CT molecular complexity index is 962. The van der Waals surface area contributed by atoms with Crippen molar-refractivity contribution in [2.75, 3.05) is 17.7 Å². The van der Waals surface area contributed by atoms with E-state index in [9.17, 15) is 4.79 Å². The van der Waals surface area contributed by atoms with Gasteiger partial charge in [-0.2, -0.15) is 0 Å². The van der Waals surface area contributed by atoms with Crippen molar-refractivity contribution in [1.82, 2.24) is 9.97 Å². The molecule has 0 saturated carbocycles. The number of anilines is 2. The maximum atomic E-state index is 12.5. The summed E-state index contributed by atoms with van der Waals surface area (Å²) in [5.41, 5.74) is 3.16. The Morgan fingerprint density at radius 3 is 2.70 bits per heavy atom. The topological polar surface area (TPSA) is 76.1 Å². The molecule has 1 amide bonds. The first kappa shape index (κ1) is 18.7. The number of nitrogens with zero attached hydrogens (tertiary/aromatic N) is 2. The molecule has 0 atom stereocenters.